The van der Waals surface area contributed by atoms with Gasteiger partial charge in [0.25, 0.3) is 0 Å². The predicted molar refractivity (Wildman–Crippen MR) is 73.1 cm³/mol. The molecule has 0 radical (unpaired) electrons. The van der Waals surface area contributed by atoms with Crippen molar-refractivity contribution in [2.24, 2.45) is 0 Å². The van der Waals surface area contributed by atoms with Crippen LogP contribution in [0.25, 0.3) is 17.0 Å². The average Bonchev–Trinajstić information content (AvgIpc) is 2.45. The summed E-state index contributed by atoms with van der Waals surface area (Å²) in [6.07, 6.45) is -1.03. The van der Waals surface area contributed by atoms with E-state index in [1.807, 2.05) is 30.3 Å². The second-order valence-corrected chi connectivity index (χ2v) is 4.13. The molecule has 100 valence electrons. The molecule has 0 saturated carbocycles. The van der Waals surface area contributed by atoms with E-state index in [2.05, 4.69) is 4.85 Å². The maximum atomic E-state index is 12.6. The van der Waals surface area contributed by atoms with Crippen molar-refractivity contribution in [2.75, 3.05) is 0 Å². The summed E-state index contributed by atoms with van der Waals surface area (Å²) in [7, 11) is 0. The van der Waals surface area contributed by atoms with Gasteiger partial charge in [-0.2, -0.15) is 13.2 Å². The quantitative estimate of drug-likeness (QED) is 0.508. The molecule has 2 rings (SSSR count). The molecule has 0 N–H and O–H groups in total. The van der Waals surface area contributed by atoms with E-state index in [0.29, 0.717) is 5.56 Å². The first-order valence-electron chi connectivity index (χ1n) is 5.82. The summed E-state index contributed by atoms with van der Waals surface area (Å²) in [6.45, 7) is 6.99. The molecule has 0 spiro atoms. The molecule has 2 aromatic rings. The maximum absolute atomic E-state index is 12.6. The Kier molecular flexibility index (Phi) is 3.90. The monoisotopic (exact) mass is 273 g/mol. The maximum Gasteiger partial charge on any atom is 0.415 e. The third-order valence-corrected chi connectivity index (χ3v) is 2.73. The van der Waals surface area contributed by atoms with E-state index in [0.717, 1.165) is 17.7 Å². The number of halogens is 3. The highest BCUT2D eigenvalue weighted by Gasteiger charge is 2.30. The lowest BCUT2D eigenvalue weighted by Crippen LogP contribution is -2.04. The van der Waals surface area contributed by atoms with Crippen molar-refractivity contribution < 1.29 is 13.2 Å². The summed E-state index contributed by atoms with van der Waals surface area (Å²) in [6, 6.07) is 12.5. The van der Waals surface area contributed by atoms with Crippen LogP contribution in [0.3, 0.4) is 0 Å². The first kappa shape index (κ1) is 13.9. The number of hydrogen-bond acceptors (Lipinski definition) is 0. The highest BCUT2D eigenvalue weighted by molar-refractivity contribution is 5.77. The molecule has 0 aliphatic carbocycles. The van der Waals surface area contributed by atoms with Gasteiger partial charge >= 0.3 is 6.18 Å². The normalized spacial score (nSPS) is 11.5. The lowest BCUT2D eigenvalue weighted by molar-refractivity contribution is -0.137. The standard InChI is InChI=1S/C16H10F3N/c1-20-15-11-14(16(17,18)19)10-9-13(15)8-7-12-5-3-2-4-6-12/h2-11H. The van der Waals surface area contributed by atoms with Crippen LogP contribution in [-0.4, -0.2) is 0 Å². The summed E-state index contributed by atoms with van der Waals surface area (Å²) in [4.78, 5) is 3.16. The third kappa shape index (κ3) is 3.27. The molecule has 0 amide bonds. The smallest absolute Gasteiger partial charge is 0.238 e. The molecule has 0 unspecified atom stereocenters. The van der Waals surface area contributed by atoms with Gasteiger partial charge < -0.3 is 0 Å². The van der Waals surface area contributed by atoms with Crippen LogP contribution in [0, 0.1) is 6.57 Å². The number of rotatable bonds is 2. The highest BCUT2D eigenvalue weighted by atomic mass is 19.4. The molecular formula is C16H10F3N. The topological polar surface area (TPSA) is 4.36 Å². The van der Waals surface area contributed by atoms with Gasteiger partial charge in [0.05, 0.1) is 6.57 Å². The van der Waals surface area contributed by atoms with Gasteiger partial charge in [0.1, 0.15) is 0 Å². The fraction of sp³-hybridized carbons (Fsp3) is 0.0625. The lowest BCUT2D eigenvalue weighted by Gasteiger charge is -2.08. The molecule has 0 aliphatic heterocycles. The number of benzene rings is 2. The molecule has 0 bridgehead atoms. The fourth-order valence-electron chi connectivity index (χ4n) is 1.71. The Bertz CT molecular complexity index is 664. The first-order valence-corrected chi connectivity index (χ1v) is 5.82. The molecule has 4 heteroatoms. The minimum absolute atomic E-state index is 0.00740. The zero-order valence-corrected chi connectivity index (χ0v) is 10.4. The summed E-state index contributed by atoms with van der Waals surface area (Å²) >= 11 is 0. The van der Waals surface area contributed by atoms with E-state index < -0.39 is 11.7 Å². The molecule has 20 heavy (non-hydrogen) atoms. The van der Waals surface area contributed by atoms with Crippen molar-refractivity contribution in [3.63, 3.8) is 0 Å². The van der Waals surface area contributed by atoms with E-state index in [1.165, 1.54) is 6.07 Å². The van der Waals surface area contributed by atoms with Crippen LogP contribution in [0.5, 0.6) is 0 Å². The Morgan fingerprint density at radius 3 is 2.25 bits per heavy atom. The van der Waals surface area contributed by atoms with Gasteiger partial charge in [0, 0.05) is 5.56 Å². The molecule has 0 fully saturated rings. The molecule has 0 aromatic heterocycles. The first-order chi connectivity index (χ1) is 9.50. The van der Waals surface area contributed by atoms with Crippen molar-refractivity contribution >= 4 is 17.8 Å². The van der Waals surface area contributed by atoms with E-state index in [-0.39, 0.29) is 5.69 Å². The van der Waals surface area contributed by atoms with Gasteiger partial charge in [-0.3, -0.25) is 0 Å². The van der Waals surface area contributed by atoms with Crippen molar-refractivity contribution in [2.45, 2.75) is 6.18 Å². The van der Waals surface area contributed by atoms with Crippen molar-refractivity contribution in [3.8, 4) is 0 Å². The Hall–Kier alpha value is -2.54. The van der Waals surface area contributed by atoms with Crippen molar-refractivity contribution in [1.82, 2.24) is 0 Å². The van der Waals surface area contributed by atoms with Gasteiger partial charge in [0.2, 0.25) is 0 Å². The second kappa shape index (κ2) is 5.62. The number of alkyl halides is 3. The Labute approximate surface area is 114 Å². The van der Waals surface area contributed by atoms with Crippen molar-refractivity contribution in [3.05, 3.63) is 76.6 Å². The van der Waals surface area contributed by atoms with E-state index in [4.69, 9.17) is 6.57 Å². The lowest BCUT2D eigenvalue weighted by atomic mass is 10.1. The van der Waals surface area contributed by atoms with Crippen molar-refractivity contribution in [1.29, 1.82) is 0 Å². The minimum atomic E-state index is -4.43. The number of hydrogen-bond donors (Lipinski definition) is 0. The Morgan fingerprint density at radius 2 is 1.65 bits per heavy atom. The molecule has 0 saturated heterocycles. The van der Waals surface area contributed by atoms with Crippen LogP contribution in [0.2, 0.25) is 0 Å². The van der Waals surface area contributed by atoms with Gasteiger partial charge in [-0.25, -0.2) is 4.85 Å². The molecule has 0 aliphatic rings. The molecule has 0 heterocycles. The molecular weight excluding hydrogens is 263 g/mol. The van der Waals surface area contributed by atoms with E-state index >= 15 is 0 Å². The third-order valence-electron chi connectivity index (χ3n) is 2.73. The van der Waals surface area contributed by atoms with Crippen LogP contribution in [-0.2, 0) is 6.18 Å². The Balaban J connectivity index is 2.34. The minimum Gasteiger partial charge on any atom is -0.238 e. The summed E-state index contributed by atoms with van der Waals surface area (Å²) < 4.78 is 37.7. The number of nitrogens with zero attached hydrogens (tertiary/aromatic N) is 1. The van der Waals surface area contributed by atoms with Gasteiger partial charge in [-0.05, 0) is 17.2 Å². The zero-order chi connectivity index (χ0) is 14.6. The summed E-state index contributed by atoms with van der Waals surface area (Å²) in [5.74, 6) is 0. The largest absolute Gasteiger partial charge is 0.415 e. The van der Waals surface area contributed by atoms with E-state index in [1.54, 1.807) is 12.2 Å². The summed E-state index contributed by atoms with van der Waals surface area (Å²) in [5, 5.41) is 0. The average molecular weight is 273 g/mol. The van der Waals surface area contributed by atoms with Gasteiger partial charge in [-0.15, -0.1) is 0 Å². The van der Waals surface area contributed by atoms with Crippen LogP contribution in [0.1, 0.15) is 16.7 Å². The molecule has 0 atom stereocenters. The predicted octanol–water partition coefficient (Wildman–Crippen LogP) is 5.43. The Morgan fingerprint density at radius 1 is 0.950 bits per heavy atom. The van der Waals surface area contributed by atoms with Gasteiger partial charge in [0.15, 0.2) is 5.69 Å². The SMILES string of the molecule is [C-]#[N+]c1cc(C(F)(F)F)ccc1C=Cc1ccccc1. The second-order valence-electron chi connectivity index (χ2n) is 4.13. The van der Waals surface area contributed by atoms with Crippen LogP contribution in [0.4, 0.5) is 18.9 Å². The zero-order valence-electron chi connectivity index (χ0n) is 10.4. The molecule has 1 nitrogen and oxygen atoms in total. The van der Waals surface area contributed by atoms with Crippen LogP contribution < -0.4 is 0 Å². The van der Waals surface area contributed by atoms with Crippen LogP contribution >= 0.6 is 0 Å². The summed E-state index contributed by atoms with van der Waals surface area (Å²) in [5.41, 5.74) is 0.576. The van der Waals surface area contributed by atoms with E-state index in [9.17, 15) is 13.2 Å². The fourth-order valence-corrected chi connectivity index (χ4v) is 1.71. The highest BCUT2D eigenvalue weighted by Crippen LogP contribution is 2.33. The molecule has 2 aromatic carbocycles. The van der Waals surface area contributed by atoms with Gasteiger partial charge in [-0.1, -0.05) is 54.6 Å². The van der Waals surface area contributed by atoms with Crippen LogP contribution in [0.15, 0.2) is 48.5 Å².